The Morgan fingerprint density at radius 2 is 0.598 bits per heavy atom. The zero-order valence-electron chi connectivity index (χ0n) is 71.1. The van der Waals surface area contributed by atoms with Gasteiger partial charge in [0, 0.05) is 99.1 Å². The van der Waals surface area contributed by atoms with Crippen molar-refractivity contribution in [2.24, 2.45) is 0 Å². The van der Waals surface area contributed by atoms with E-state index in [-0.39, 0.29) is 0 Å². The molecule has 614 valence electrons. The molecular weight excluding hydrogens is 1610 g/mol. The molecule has 0 radical (unpaired) electrons. The van der Waals surface area contributed by atoms with E-state index in [2.05, 4.69) is 358 Å². The summed E-state index contributed by atoms with van der Waals surface area (Å²) in [4.78, 5) is 40.5. The van der Waals surface area contributed by atoms with Gasteiger partial charge in [-0.05, 0) is 145 Å². The zero-order valence-corrected chi connectivity index (χ0v) is 71.1. The SMILES string of the molecule is c1ccc(-c2cc3c4ccccc4n4ccc5ccc6c(c3c(c2)n6-c2nc(-c3ccccc3)nc(-c3ccccc3)n2)c54)cc1.c1ccc(-c2ccc3c4ccc5ccccc5c4n(-c4ccc(-c5nc(-c6ccccc6)nc(-c6ccccc6)n5)cc4)c3c2)cc1.c1ccc(-c2nc(-n3c4cccc5c4c4c6c(cccc6ccc43)-c3ccccc3-5)nc3ccccc23)cc1. The van der Waals surface area contributed by atoms with Crippen LogP contribution in [0.1, 0.15) is 0 Å². The minimum absolute atomic E-state index is 0.593. The molecule has 12 heteroatoms. The third-order valence-corrected chi connectivity index (χ3v) is 26.1. The van der Waals surface area contributed by atoms with Crippen molar-refractivity contribution in [3.05, 3.63) is 449 Å². The van der Waals surface area contributed by atoms with Crippen LogP contribution in [0.4, 0.5) is 0 Å². The van der Waals surface area contributed by atoms with Gasteiger partial charge in [0.25, 0.3) is 0 Å². The molecule has 0 atom stereocenters. The van der Waals surface area contributed by atoms with Gasteiger partial charge in [-0.1, -0.05) is 364 Å². The Bertz CT molecular complexity index is 9120. The van der Waals surface area contributed by atoms with E-state index in [9.17, 15) is 0 Å². The molecule has 0 aliphatic heterocycles. The highest BCUT2D eigenvalue weighted by molar-refractivity contribution is 6.32. The number of hydrogen-bond acceptors (Lipinski definition) is 8. The summed E-state index contributed by atoms with van der Waals surface area (Å²) in [6, 6.07) is 156. The predicted molar refractivity (Wildman–Crippen MR) is 542 cm³/mol. The average molecular weight is 1680 g/mol. The highest BCUT2D eigenvalue weighted by Gasteiger charge is 2.29. The number of rotatable bonds is 11. The highest BCUT2D eigenvalue weighted by Crippen LogP contribution is 2.51. The van der Waals surface area contributed by atoms with E-state index in [1.54, 1.807) is 0 Å². The van der Waals surface area contributed by atoms with Crippen LogP contribution in [0.25, 0.3) is 255 Å². The molecule has 0 spiro atoms. The molecule has 19 aromatic carbocycles. The third-order valence-electron chi connectivity index (χ3n) is 26.1. The van der Waals surface area contributed by atoms with E-state index in [1.165, 1.54) is 125 Å². The second kappa shape index (κ2) is 31.0. The van der Waals surface area contributed by atoms with Crippen molar-refractivity contribution in [3.63, 3.8) is 0 Å². The van der Waals surface area contributed by atoms with Crippen LogP contribution in [0.5, 0.6) is 0 Å². The molecule has 0 bridgehead atoms. The van der Waals surface area contributed by atoms with Crippen molar-refractivity contribution in [3.8, 4) is 130 Å². The van der Waals surface area contributed by atoms with E-state index in [0.717, 1.165) is 88.9 Å². The Hall–Kier alpha value is -18.0. The van der Waals surface area contributed by atoms with Crippen molar-refractivity contribution in [1.82, 2.24) is 58.0 Å². The average Bonchev–Trinajstić information content (AvgIpc) is 1.53. The zero-order chi connectivity index (χ0) is 86.9. The van der Waals surface area contributed by atoms with Crippen LogP contribution in [0.15, 0.2) is 449 Å². The van der Waals surface area contributed by atoms with Gasteiger partial charge in [-0.2, -0.15) is 9.97 Å². The summed E-state index contributed by atoms with van der Waals surface area (Å²) in [7, 11) is 0. The van der Waals surface area contributed by atoms with Gasteiger partial charge >= 0.3 is 0 Å². The second-order valence-corrected chi connectivity index (χ2v) is 33.6. The quantitative estimate of drug-likeness (QED) is 0.125. The van der Waals surface area contributed by atoms with Crippen LogP contribution in [0.2, 0.25) is 0 Å². The van der Waals surface area contributed by atoms with Crippen LogP contribution < -0.4 is 0 Å². The van der Waals surface area contributed by atoms with Gasteiger partial charge in [-0.15, -0.1) is 0 Å². The first-order valence-electron chi connectivity index (χ1n) is 44.5. The number of para-hydroxylation sites is 2. The molecule has 1 aliphatic rings. The molecule has 0 saturated carbocycles. The Kier molecular flexibility index (Phi) is 17.7. The summed E-state index contributed by atoms with van der Waals surface area (Å²) >= 11 is 0. The van der Waals surface area contributed by atoms with Crippen LogP contribution in [-0.4, -0.2) is 58.0 Å². The number of aromatic nitrogens is 12. The molecule has 1 aliphatic carbocycles. The van der Waals surface area contributed by atoms with Crippen LogP contribution >= 0.6 is 0 Å². The normalized spacial score (nSPS) is 11.8. The van der Waals surface area contributed by atoms with Crippen molar-refractivity contribution in [1.29, 1.82) is 0 Å². The van der Waals surface area contributed by atoms with Crippen molar-refractivity contribution < 1.29 is 0 Å². The Labute approximate surface area is 757 Å². The Balaban J connectivity index is 0.000000104. The Morgan fingerprint density at radius 1 is 0.174 bits per heavy atom. The fourth-order valence-electron chi connectivity index (χ4n) is 20.2. The molecule has 0 unspecified atom stereocenters. The first-order chi connectivity index (χ1) is 65.5. The van der Waals surface area contributed by atoms with Gasteiger partial charge in [0.1, 0.15) is 0 Å². The highest BCUT2D eigenvalue weighted by atomic mass is 15.2. The molecule has 0 fully saturated rings. The maximum atomic E-state index is 5.26. The summed E-state index contributed by atoms with van der Waals surface area (Å²) in [5, 5.41) is 17.0. The number of benzene rings is 19. The number of nitrogens with zero attached hydrogens (tertiary/aromatic N) is 12. The lowest BCUT2D eigenvalue weighted by Gasteiger charge is -2.14. The topological polar surface area (TPSA) is 122 Å². The van der Waals surface area contributed by atoms with Gasteiger partial charge in [0.15, 0.2) is 29.1 Å². The standard InChI is InChI=1S/C43H28N4.C41H25N5.C36H21N3/c1-4-12-29(13-5-1)34-23-26-37-38-27-22-30-14-10-11-19-36(30)40(38)47(39(37)28-34)35-24-20-33(21-25-35)43-45-41(31-15-6-2-7-16-31)44-42(46-43)32-17-8-3-9-18-32;1-4-12-26(13-5-1)30-24-32-31-18-10-11-19-33(31)45-23-22-27-20-21-34-37(38(27)45)36(32)35(25-30)46(34)41-43-39(28-14-6-2-7-15-28)42-40(44-41)29-16-8-3-9-17-29;1-2-10-23(11-3-1)35-28-15-6-7-18-29(28)37-36(38-35)39-30-19-9-17-27-25-14-5-4-13-24(25)26-16-8-12-22-20-21-31(39)34(32(22)26)33(27)30/h1-28H;1-25H;1-21H. The summed E-state index contributed by atoms with van der Waals surface area (Å²) in [5.74, 6) is 4.51. The monoisotopic (exact) mass is 1680 g/mol. The fourth-order valence-corrected chi connectivity index (χ4v) is 20.2. The van der Waals surface area contributed by atoms with Crippen molar-refractivity contribution in [2.75, 3.05) is 0 Å². The third kappa shape index (κ3) is 12.4. The molecule has 0 saturated heterocycles. The minimum Gasteiger partial charge on any atom is -0.315 e. The van der Waals surface area contributed by atoms with Gasteiger partial charge in [0.05, 0.1) is 55.3 Å². The number of fused-ring (bicyclic) bond motifs is 12. The predicted octanol–water partition coefficient (Wildman–Crippen LogP) is 30.0. The minimum atomic E-state index is 0.593. The van der Waals surface area contributed by atoms with Crippen molar-refractivity contribution in [2.45, 2.75) is 0 Å². The van der Waals surface area contributed by atoms with E-state index in [4.69, 9.17) is 39.9 Å². The fraction of sp³-hybridized carbons (Fsp3) is 0. The lowest BCUT2D eigenvalue weighted by atomic mass is 9.93. The maximum Gasteiger partial charge on any atom is 0.238 e. The lowest BCUT2D eigenvalue weighted by Crippen LogP contribution is -2.06. The molecular formula is C120H74N12. The van der Waals surface area contributed by atoms with Gasteiger partial charge in [0.2, 0.25) is 11.9 Å². The summed E-state index contributed by atoms with van der Waals surface area (Å²) < 4.78 is 9.25. The number of hydrogen-bond donors (Lipinski definition) is 0. The maximum absolute atomic E-state index is 5.26. The molecule has 8 heterocycles. The molecule has 0 amide bonds. The van der Waals surface area contributed by atoms with Gasteiger partial charge < -0.3 is 8.97 Å². The van der Waals surface area contributed by atoms with E-state index < -0.39 is 0 Å². The van der Waals surface area contributed by atoms with E-state index in [0.29, 0.717) is 41.0 Å². The smallest absolute Gasteiger partial charge is 0.238 e. The van der Waals surface area contributed by atoms with Crippen LogP contribution in [0, 0.1) is 0 Å². The molecule has 132 heavy (non-hydrogen) atoms. The second-order valence-electron chi connectivity index (χ2n) is 33.6. The lowest BCUT2D eigenvalue weighted by molar-refractivity contribution is 0.954. The molecule has 27 aromatic rings. The molecule has 12 nitrogen and oxygen atoms in total. The van der Waals surface area contributed by atoms with Crippen LogP contribution in [-0.2, 0) is 0 Å². The first kappa shape index (κ1) is 75.3. The summed E-state index contributed by atoms with van der Waals surface area (Å²) in [5.41, 5.74) is 27.6. The van der Waals surface area contributed by atoms with Crippen molar-refractivity contribution >= 4 is 125 Å². The van der Waals surface area contributed by atoms with E-state index in [1.807, 2.05) is 109 Å². The van der Waals surface area contributed by atoms with Gasteiger partial charge in [-0.25, -0.2) is 29.9 Å². The largest absolute Gasteiger partial charge is 0.315 e. The molecule has 28 rings (SSSR count). The molecule has 8 aromatic heterocycles. The van der Waals surface area contributed by atoms with E-state index >= 15 is 0 Å². The Morgan fingerprint density at radius 3 is 1.23 bits per heavy atom. The van der Waals surface area contributed by atoms with Crippen LogP contribution in [0.3, 0.4) is 0 Å². The molecule has 0 N–H and O–H groups in total. The van der Waals surface area contributed by atoms with Gasteiger partial charge in [-0.3, -0.25) is 9.13 Å². The summed E-state index contributed by atoms with van der Waals surface area (Å²) in [6.45, 7) is 0. The first-order valence-corrected chi connectivity index (χ1v) is 44.5. The summed E-state index contributed by atoms with van der Waals surface area (Å²) in [6.07, 6.45) is 2.19.